The average molecular weight is 394 g/mol. The Balaban J connectivity index is 2.53. The first kappa shape index (κ1) is 22.7. The van der Waals surface area contributed by atoms with Gasteiger partial charge in [-0.15, -0.1) is 0 Å². The lowest BCUT2D eigenvalue weighted by atomic mass is 9.81. The van der Waals surface area contributed by atoms with Crippen molar-refractivity contribution in [3.63, 3.8) is 0 Å². The molecule has 1 aliphatic heterocycles. The van der Waals surface area contributed by atoms with E-state index < -0.39 is 24.0 Å². The fraction of sp³-hybridized carbons (Fsp3) is 0.619. The van der Waals surface area contributed by atoms with Gasteiger partial charge in [0.05, 0.1) is 43.7 Å². The smallest absolute Gasteiger partial charge is 0.496 e. The van der Waals surface area contributed by atoms with Crippen molar-refractivity contribution in [2.45, 2.75) is 65.3 Å². The lowest BCUT2D eigenvalue weighted by Gasteiger charge is -2.32. The van der Waals surface area contributed by atoms with Gasteiger partial charge in [-0.3, -0.25) is 0 Å². The predicted molar refractivity (Wildman–Crippen MR) is 109 cm³/mol. The van der Waals surface area contributed by atoms with Gasteiger partial charge in [0.2, 0.25) is 0 Å². The Morgan fingerprint density at radius 2 is 1.54 bits per heavy atom. The summed E-state index contributed by atoms with van der Waals surface area (Å²) in [5, 5.41) is 0. The normalized spacial score (nSPS) is 19.0. The highest BCUT2D eigenvalue weighted by Crippen LogP contribution is 2.43. The molecule has 1 fully saturated rings. The molecule has 1 aliphatic rings. The van der Waals surface area contributed by atoms with E-state index in [1.54, 1.807) is 32.4 Å². The highest BCUT2D eigenvalue weighted by atomic mass is 19.1. The van der Waals surface area contributed by atoms with Crippen molar-refractivity contribution in [3.05, 3.63) is 29.5 Å². The summed E-state index contributed by atoms with van der Waals surface area (Å²) in [7, 11) is 1.99. The summed E-state index contributed by atoms with van der Waals surface area (Å²) in [4.78, 5) is 0. The molecule has 0 spiro atoms. The van der Waals surface area contributed by atoms with Crippen LogP contribution in [0.15, 0.2) is 23.9 Å². The molecule has 1 saturated heterocycles. The third-order valence-electron chi connectivity index (χ3n) is 5.28. The van der Waals surface area contributed by atoms with E-state index >= 15 is 4.39 Å². The van der Waals surface area contributed by atoms with Gasteiger partial charge in [-0.05, 0) is 65.7 Å². The molecule has 5 nitrogen and oxygen atoms in total. The fourth-order valence-electron chi connectivity index (χ4n) is 3.00. The first-order valence-electron chi connectivity index (χ1n) is 9.61. The minimum absolute atomic E-state index is 0.0423. The van der Waals surface area contributed by atoms with E-state index in [4.69, 9.17) is 23.5 Å². The van der Waals surface area contributed by atoms with Gasteiger partial charge in [-0.25, -0.2) is 4.39 Å². The highest BCUT2D eigenvalue weighted by molar-refractivity contribution is 6.55. The second-order valence-corrected chi connectivity index (χ2v) is 8.12. The Bertz CT molecular complexity index is 676. The highest BCUT2D eigenvalue weighted by Gasteiger charge is 2.53. The fourth-order valence-corrected chi connectivity index (χ4v) is 3.00. The number of ether oxygens (including phenoxy) is 3. The van der Waals surface area contributed by atoms with E-state index in [0.717, 1.165) is 0 Å². The van der Waals surface area contributed by atoms with Crippen molar-refractivity contribution in [1.82, 2.24) is 0 Å². The molecular formula is C21H32BFO5. The third-order valence-corrected chi connectivity index (χ3v) is 5.28. The van der Waals surface area contributed by atoms with Crippen LogP contribution in [0.1, 0.15) is 53.5 Å². The summed E-state index contributed by atoms with van der Waals surface area (Å²) in [6, 6.07) is 5.35. The maximum absolute atomic E-state index is 15.8. The van der Waals surface area contributed by atoms with Crippen molar-refractivity contribution in [1.29, 1.82) is 0 Å². The van der Waals surface area contributed by atoms with Gasteiger partial charge in [-0.1, -0.05) is 6.07 Å². The van der Waals surface area contributed by atoms with Gasteiger partial charge in [0.15, 0.2) is 0 Å². The van der Waals surface area contributed by atoms with Crippen LogP contribution < -0.4 is 9.47 Å². The Kier molecular flexibility index (Phi) is 7.18. The number of benzene rings is 1. The van der Waals surface area contributed by atoms with Crippen LogP contribution in [-0.2, 0) is 14.0 Å². The average Bonchev–Trinajstić information content (AvgIpc) is 2.85. The quantitative estimate of drug-likeness (QED) is 0.591. The van der Waals surface area contributed by atoms with Gasteiger partial charge in [0.25, 0.3) is 0 Å². The summed E-state index contributed by atoms with van der Waals surface area (Å²) >= 11 is 0. The lowest BCUT2D eigenvalue weighted by Crippen LogP contribution is -2.41. The molecule has 0 amide bonds. The van der Waals surface area contributed by atoms with Crippen LogP contribution in [0, 0.1) is 0 Å². The molecule has 1 aromatic carbocycles. The SMILES string of the molecule is COc1cccc(OC)c1C(CCOC(C)C)=C(F)B1OC(C)(C)C(C)(C)O1. The Morgan fingerprint density at radius 3 is 1.96 bits per heavy atom. The molecule has 0 aliphatic carbocycles. The van der Waals surface area contributed by atoms with Gasteiger partial charge in [0, 0.05) is 0 Å². The monoisotopic (exact) mass is 394 g/mol. The maximum atomic E-state index is 15.8. The lowest BCUT2D eigenvalue weighted by molar-refractivity contribution is 0.00578. The van der Waals surface area contributed by atoms with Crippen LogP contribution in [0.25, 0.3) is 5.57 Å². The minimum Gasteiger partial charge on any atom is -0.496 e. The van der Waals surface area contributed by atoms with E-state index in [9.17, 15) is 0 Å². The van der Waals surface area contributed by atoms with Crippen LogP contribution in [0.5, 0.6) is 11.5 Å². The first-order chi connectivity index (χ1) is 13.0. The summed E-state index contributed by atoms with van der Waals surface area (Å²) in [6.07, 6.45) is 0.367. The molecule has 156 valence electrons. The largest absolute Gasteiger partial charge is 0.525 e. The van der Waals surface area contributed by atoms with Crippen LogP contribution in [0.4, 0.5) is 4.39 Å². The number of methoxy groups -OCH3 is 2. The second-order valence-electron chi connectivity index (χ2n) is 8.12. The zero-order valence-electron chi connectivity index (χ0n) is 18.2. The molecule has 0 bridgehead atoms. The van der Waals surface area contributed by atoms with Crippen LogP contribution in [0.2, 0.25) is 0 Å². The van der Waals surface area contributed by atoms with Crippen molar-refractivity contribution < 1.29 is 27.9 Å². The Morgan fingerprint density at radius 1 is 1.04 bits per heavy atom. The van der Waals surface area contributed by atoms with Crippen LogP contribution >= 0.6 is 0 Å². The van der Waals surface area contributed by atoms with Crippen LogP contribution in [0.3, 0.4) is 0 Å². The van der Waals surface area contributed by atoms with E-state index in [-0.39, 0.29) is 6.10 Å². The van der Waals surface area contributed by atoms with E-state index in [0.29, 0.717) is 35.7 Å². The van der Waals surface area contributed by atoms with Crippen molar-refractivity contribution >= 4 is 12.7 Å². The molecule has 28 heavy (non-hydrogen) atoms. The molecule has 0 unspecified atom stereocenters. The molecule has 0 atom stereocenters. The summed E-state index contributed by atoms with van der Waals surface area (Å²) < 4.78 is 44.3. The number of hydrogen-bond acceptors (Lipinski definition) is 5. The molecule has 0 aromatic heterocycles. The summed E-state index contributed by atoms with van der Waals surface area (Å²) in [6.45, 7) is 11.8. The summed E-state index contributed by atoms with van der Waals surface area (Å²) in [5.74, 6) is 1.04. The number of hydrogen-bond donors (Lipinski definition) is 0. The summed E-state index contributed by atoms with van der Waals surface area (Å²) in [5.41, 5.74) is -0.826. The van der Waals surface area contributed by atoms with Gasteiger partial charge < -0.3 is 23.5 Å². The molecule has 1 heterocycles. The number of rotatable bonds is 8. The standard InChI is InChI=1S/C21H32BFO5/c1-14(2)26-13-12-15(18-16(24-7)10-9-11-17(18)25-8)19(23)22-27-20(3,4)21(5,6)28-22/h9-11,14H,12-13H2,1-8H3. The van der Waals surface area contributed by atoms with E-state index in [1.807, 2.05) is 41.5 Å². The molecular weight excluding hydrogens is 362 g/mol. The molecule has 2 rings (SSSR count). The molecule has 0 N–H and O–H groups in total. The van der Waals surface area contributed by atoms with Gasteiger partial charge in [-0.2, -0.15) is 0 Å². The molecule has 0 radical (unpaired) electrons. The van der Waals surface area contributed by atoms with Crippen LogP contribution in [-0.4, -0.2) is 45.3 Å². The molecule has 7 heteroatoms. The van der Waals surface area contributed by atoms with Crippen molar-refractivity contribution in [2.75, 3.05) is 20.8 Å². The van der Waals surface area contributed by atoms with E-state index in [1.165, 1.54) is 0 Å². The molecule has 1 aromatic rings. The molecule has 0 saturated carbocycles. The maximum Gasteiger partial charge on any atom is 0.525 e. The Labute approximate surface area is 168 Å². The van der Waals surface area contributed by atoms with Crippen molar-refractivity contribution in [2.24, 2.45) is 0 Å². The van der Waals surface area contributed by atoms with E-state index in [2.05, 4.69) is 0 Å². The Hall–Kier alpha value is -1.57. The second kappa shape index (κ2) is 8.85. The first-order valence-corrected chi connectivity index (χ1v) is 9.61. The van der Waals surface area contributed by atoms with Gasteiger partial charge >= 0.3 is 7.12 Å². The van der Waals surface area contributed by atoms with Crippen molar-refractivity contribution in [3.8, 4) is 11.5 Å². The predicted octanol–water partition coefficient (Wildman–Crippen LogP) is 4.83. The third kappa shape index (κ3) is 4.70. The number of halogens is 1. The zero-order valence-corrected chi connectivity index (χ0v) is 18.2. The zero-order chi connectivity index (χ0) is 21.1. The topological polar surface area (TPSA) is 46.2 Å². The van der Waals surface area contributed by atoms with Gasteiger partial charge in [0.1, 0.15) is 17.2 Å². The minimum atomic E-state index is -1.10.